The zero-order chi connectivity index (χ0) is 17.7. The maximum atomic E-state index is 11.9. The highest BCUT2D eigenvalue weighted by molar-refractivity contribution is 6.31. The molecule has 5 nitrogen and oxygen atoms in total. The maximum Gasteiger partial charge on any atom is 0.342 e. The van der Waals surface area contributed by atoms with Gasteiger partial charge in [0.25, 0.3) is 5.91 Å². The first-order chi connectivity index (χ1) is 11.4. The molecule has 0 aliphatic rings. The molecule has 0 heterocycles. The summed E-state index contributed by atoms with van der Waals surface area (Å²) in [5.41, 5.74) is 0.812. The zero-order valence-corrected chi connectivity index (χ0v) is 14.3. The molecule has 7 heteroatoms. The Labute approximate surface area is 149 Å². The summed E-state index contributed by atoms with van der Waals surface area (Å²) in [4.78, 5) is 23.7. The van der Waals surface area contributed by atoms with E-state index in [9.17, 15) is 14.7 Å². The van der Waals surface area contributed by atoms with E-state index in [2.05, 4.69) is 5.32 Å². The number of halogens is 2. The highest BCUT2D eigenvalue weighted by Gasteiger charge is 2.16. The Bertz CT molecular complexity index is 747. The summed E-state index contributed by atoms with van der Waals surface area (Å²) in [6, 6.07) is 10.8. The van der Waals surface area contributed by atoms with Gasteiger partial charge in [-0.3, -0.25) is 4.79 Å². The lowest BCUT2D eigenvalue weighted by Gasteiger charge is -2.14. The van der Waals surface area contributed by atoms with Crippen molar-refractivity contribution in [2.24, 2.45) is 0 Å². The Kier molecular flexibility index (Phi) is 6.06. The molecule has 0 unspecified atom stereocenters. The van der Waals surface area contributed by atoms with E-state index in [1.165, 1.54) is 18.2 Å². The van der Waals surface area contributed by atoms with Crippen LogP contribution in [0, 0.1) is 0 Å². The molecule has 1 atom stereocenters. The van der Waals surface area contributed by atoms with E-state index >= 15 is 0 Å². The summed E-state index contributed by atoms with van der Waals surface area (Å²) in [6.45, 7) is 1.34. The minimum absolute atomic E-state index is 0.0575. The average Bonchev–Trinajstić information content (AvgIpc) is 2.53. The van der Waals surface area contributed by atoms with Crippen LogP contribution in [-0.2, 0) is 9.53 Å². The summed E-state index contributed by atoms with van der Waals surface area (Å²) in [5.74, 6) is -1.57. The standard InChI is InChI=1S/C17H15Cl2NO4/c1-10(11-2-4-12(18)5-3-11)20-16(22)9-24-17(23)14-7-6-13(19)8-15(14)21/h2-8,10,21H,9H2,1H3,(H,20,22)/t10-/m1/s1. The molecule has 1 amide bonds. The van der Waals surface area contributed by atoms with Gasteiger partial charge in [-0.15, -0.1) is 0 Å². The SMILES string of the molecule is C[C@@H](NC(=O)COC(=O)c1ccc(Cl)cc1O)c1ccc(Cl)cc1. The third-order valence-electron chi connectivity index (χ3n) is 3.26. The highest BCUT2D eigenvalue weighted by atomic mass is 35.5. The van der Waals surface area contributed by atoms with Crippen LogP contribution in [0.25, 0.3) is 0 Å². The van der Waals surface area contributed by atoms with Gasteiger partial charge in [0.2, 0.25) is 0 Å². The summed E-state index contributed by atoms with van der Waals surface area (Å²) in [6.07, 6.45) is 0. The van der Waals surface area contributed by atoms with Crippen molar-refractivity contribution < 1.29 is 19.4 Å². The molecule has 0 radical (unpaired) electrons. The molecule has 2 aromatic rings. The largest absolute Gasteiger partial charge is 0.507 e. The van der Waals surface area contributed by atoms with Crippen LogP contribution in [0.4, 0.5) is 0 Å². The summed E-state index contributed by atoms with van der Waals surface area (Å²) in [7, 11) is 0. The number of benzene rings is 2. The highest BCUT2D eigenvalue weighted by Crippen LogP contribution is 2.22. The first-order valence-corrected chi connectivity index (χ1v) is 7.83. The van der Waals surface area contributed by atoms with Gasteiger partial charge in [0.05, 0.1) is 6.04 Å². The lowest BCUT2D eigenvalue weighted by Crippen LogP contribution is -2.31. The van der Waals surface area contributed by atoms with Crippen molar-refractivity contribution in [1.82, 2.24) is 5.32 Å². The van der Waals surface area contributed by atoms with Crippen LogP contribution >= 0.6 is 23.2 Å². The minimum Gasteiger partial charge on any atom is -0.507 e. The molecule has 2 aromatic carbocycles. The van der Waals surface area contributed by atoms with Crippen LogP contribution in [0.5, 0.6) is 5.75 Å². The number of hydrogen-bond acceptors (Lipinski definition) is 4. The quantitative estimate of drug-likeness (QED) is 0.789. The van der Waals surface area contributed by atoms with Crippen molar-refractivity contribution in [3.05, 3.63) is 63.6 Å². The fourth-order valence-corrected chi connectivity index (χ4v) is 2.30. The molecule has 24 heavy (non-hydrogen) atoms. The molecule has 0 fully saturated rings. The number of rotatable bonds is 5. The fourth-order valence-electron chi connectivity index (χ4n) is 2.00. The van der Waals surface area contributed by atoms with E-state index in [0.29, 0.717) is 10.0 Å². The van der Waals surface area contributed by atoms with Crippen molar-refractivity contribution in [2.45, 2.75) is 13.0 Å². The fraction of sp³-hybridized carbons (Fsp3) is 0.176. The van der Waals surface area contributed by atoms with E-state index in [1.807, 2.05) is 0 Å². The van der Waals surface area contributed by atoms with Gasteiger partial charge in [0, 0.05) is 10.0 Å². The molecule has 2 rings (SSSR count). The monoisotopic (exact) mass is 367 g/mol. The van der Waals surface area contributed by atoms with E-state index in [4.69, 9.17) is 27.9 Å². The lowest BCUT2D eigenvalue weighted by molar-refractivity contribution is -0.124. The summed E-state index contributed by atoms with van der Waals surface area (Å²) in [5, 5.41) is 13.2. The Hall–Kier alpha value is -2.24. The predicted molar refractivity (Wildman–Crippen MR) is 91.4 cm³/mol. The first-order valence-electron chi connectivity index (χ1n) is 7.07. The average molecular weight is 368 g/mol. The molecule has 0 bridgehead atoms. The van der Waals surface area contributed by atoms with Crippen LogP contribution in [0.2, 0.25) is 10.0 Å². The van der Waals surface area contributed by atoms with Crippen LogP contribution < -0.4 is 5.32 Å². The zero-order valence-electron chi connectivity index (χ0n) is 12.8. The molecule has 0 saturated heterocycles. The van der Waals surface area contributed by atoms with Crippen LogP contribution in [0.1, 0.15) is 28.9 Å². The van der Waals surface area contributed by atoms with Gasteiger partial charge in [-0.1, -0.05) is 35.3 Å². The van der Waals surface area contributed by atoms with Crippen molar-refractivity contribution >= 4 is 35.1 Å². The summed E-state index contributed by atoms with van der Waals surface area (Å²) < 4.78 is 4.89. The maximum absolute atomic E-state index is 11.9. The molecule has 0 spiro atoms. The van der Waals surface area contributed by atoms with Crippen molar-refractivity contribution in [3.8, 4) is 5.75 Å². The van der Waals surface area contributed by atoms with Crippen LogP contribution in [0.3, 0.4) is 0 Å². The minimum atomic E-state index is -0.807. The number of phenolic OH excluding ortho intramolecular Hbond substituents is 1. The van der Waals surface area contributed by atoms with Crippen molar-refractivity contribution in [2.75, 3.05) is 6.61 Å². The number of carbonyl (C=O) groups is 2. The second-order valence-corrected chi connectivity index (χ2v) is 5.95. The molecule has 0 aromatic heterocycles. The third kappa shape index (κ3) is 4.88. The first kappa shape index (κ1) is 18.1. The van der Waals surface area contributed by atoms with Crippen LogP contribution in [-0.4, -0.2) is 23.6 Å². The molecule has 126 valence electrons. The second-order valence-electron chi connectivity index (χ2n) is 5.08. The molecular formula is C17H15Cl2NO4. The lowest BCUT2D eigenvalue weighted by atomic mass is 10.1. The van der Waals surface area contributed by atoms with Gasteiger partial charge < -0.3 is 15.2 Å². The molecular weight excluding hydrogens is 353 g/mol. The van der Waals surface area contributed by atoms with E-state index in [0.717, 1.165) is 5.56 Å². The van der Waals surface area contributed by atoms with Gasteiger partial charge in [-0.25, -0.2) is 4.79 Å². The Balaban J connectivity index is 1.88. The number of amides is 1. The summed E-state index contributed by atoms with van der Waals surface area (Å²) >= 11 is 11.5. The molecule has 0 aliphatic carbocycles. The Morgan fingerprint density at radius 1 is 1.12 bits per heavy atom. The molecule has 2 N–H and O–H groups in total. The predicted octanol–water partition coefficient (Wildman–Crippen LogP) is 3.73. The number of ether oxygens (including phenoxy) is 1. The van der Waals surface area contributed by atoms with Crippen molar-refractivity contribution in [3.63, 3.8) is 0 Å². The Morgan fingerprint density at radius 2 is 1.75 bits per heavy atom. The Morgan fingerprint density at radius 3 is 2.38 bits per heavy atom. The van der Waals surface area contributed by atoms with Gasteiger partial charge in [0.15, 0.2) is 6.61 Å². The van der Waals surface area contributed by atoms with E-state index in [1.54, 1.807) is 31.2 Å². The van der Waals surface area contributed by atoms with E-state index < -0.39 is 18.5 Å². The number of aromatic hydroxyl groups is 1. The number of esters is 1. The van der Waals surface area contributed by atoms with Crippen molar-refractivity contribution in [1.29, 1.82) is 0 Å². The number of phenols is 1. The third-order valence-corrected chi connectivity index (χ3v) is 3.75. The molecule has 0 saturated carbocycles. The normalized spacial score (nSPS) is 11.6. The second kappa shape index (κ2) is 8.04. The molecule has 0 aliphatic heterocycles. The topological polar surface area (TPSA) is 75.6 Å². The van der Waals surface area contributed by atoms with Gasteiger partial charge in [0.1, 0.15) is 11.3 Å². The number of nitrogens with one attached hydrogen (secondary N) is 1. The number of hydrogen-bond donors (Lipinski definition) is 2. The van der Waals surface area contributed by atoms with E-state index in [-0.39, 0.29) is 17.4 Å². The number of carbonyl (C=O) groups excluding carboxylic acids is 2. The van der Waals surface area contributed by atoms with Gasteiger partial charge in [-0.2, -0.15) is 0 Å². The smallest absolute Gasteiger partial charge is 0.342 e. The van der Waals surface area contributed by atoms with Gasteiger partial charge >= 0.3 is 5.97 Å². The van der Waals surface area contributed by atoms with Crippen LogP contribution in [0.15, 0.2) is 42.5 Å². The van der Waals surface area contributed by atoms with Gasteiger partial charge in [-0.05, 0) is 42.8 Å².